The second-order valence-electron chi connectivity index (χ2n) is 7.44. The number of carbonyl (C=O) groups excluding carboxylic acids is 1. The number of carbonyl (C=O) groups is 1. The number of nitrogens with one attached hydrogen (secondary N) is 3. The topological polar surface area (TPSA) is 107 Å². The van der Waals surface area contributed by atoms with E-state index < -0.39 is 0 Å². The molecule has 0 aliphatic carbocycles. The van der Waals surface area contributed by atoms with Crippen LogP contribution in [0.25, 0.3) is 16.9 Å². The van der Waals surface area contributed by atoms with Gasteiger partial charge in [0.1, 0.15) is 5.82 Å². The van der Waals surface area contributed by atoms with Crippen LogP contribution in [0.4, 0.5) is 16.3 Å². The number of unbranched alkanes of at least 4 members (excludes halogenated alkanes) is 1. The maximum Gasteiger partial charge on any atom is 0.319 e. The molecular formula is C24H21BrClN7O. The van der Waals surface area contributed by atoms with Crippen LogP contribution < -0.4 is 16.0 Å². The monoisotopic (exact) mass is 537 g/mol. The van der Waals surface area contributed by atoms with E-state index in [0.29, 0.717) is 35.0 Å². The SMILES string of the molecule is N#Cc1cccc(NC(=O)NCCCCNc2cc(-c3ccccc3Cl)nc3c(Br)cnn23)c1. The van der Waals surface area contributed by atoms with Crippen molar-refractivity contribution in [1.82, 2.24) is 19.9 Å². The van der Waals surface area contributed by atoms with Gasteiger partial charge in [-0.3, -0.25) is 0 Å². The van der Waals surface area contributed by atoms with E-state index in [9.17, 15) is 4.79 Å². The first-order valence-corrected chi connectivity index (χ1v) is 11.8. The maximum absolute atomic E-state index is 12.1. The number of halogens is 2. The number of nitrogens with zero attached hydrogens (tertiary/aromatic N) is 4. The Bertz CT molecular complexity index is 1370. The molecule has 3 N–H and O–H groups in total. The highest BCUT2D eigenvalue weighted by atomic mass is 79.9. The number of anilines is 2. The molecule has 2 heterocycles. The Morgan fingerprint density at radius 2 is 1.94 bits per heavy atom. The first kappa shape index (κ1) is 23.5. The second-order valence-corrected chi connectivity index (χ2v) is 8.70. The van der Waals surface area contributed by atoms with Gasteiger partial charge in [0.15, 0.2) is 5.65 Å². The molecule has 2 aromatic carbocycles. The van der Waals surface area contributed by atoms with Gasteiger partial charge < -0.3 is 16.0 Å². The van der Waals surface area contributed by atoms with E-state index in [-0.39, 0.29) is 6.03 Å². The van der Waals surface area contributed by atoms with Crippen LogP contribution in [-0.2, 0) is 0 Å². The molecule has 0 saturated heterocycles. The molecule has 172 valence electrons. The number of hydrogen-bond acceptors (Lipinski definition) is 5. The number of amides is 2. The van der Waals surface area contributed by atoms with Crippen LogP contribution in [0.5, 0.6) is 0 Å². The number of aromatic nitrogens is 3. The molecule has 0 aliphatic heterocycles. The lowest BCUT2D eigenvalue weighted by Gasteiger charge is -2.12. The predicted molar refractivity (Wildman–Crippen MR) is 137 cm³/mol. The Morgan fingerprint density at radius 1 is 1.12 bits per heavy atom. The summed E-state index contributed by atoms with van der Waals surface area (Å²) in [5.41, 5.74) is 3.37. The molecule has 8 nitrogen and oxygen atoms in total. The maximum atomic E-state index is 12.1. The minimum Gasteiger partial charge on any atom is -0.370 e. The molecule has 2 amide bonds. The zero-order chi connectivity index (χ0) is 23.9. The second kappa shape index (κ2) is 11.0. The molecule has 2 aromatic heterocycles. The zero-order valence-electron chi connectivity index (χ0n) is 18.1. The molecule has 0 radical (unpaired) electrons. The molecule has 10 heteroatoms. The van der Waals surface area contributed by atoms with E-state index in [0.717, 1.165) is 34.4 Å². The van der Waals surface area contributed by atoms with Gasteiger partial charge in [-0.15, -0.1) is 0 Å². The van der Waals surface area contributed by atoms with Crippen LogP contribution in [0.2, 0.25) is 5.02 Å². The molecule has 0 spiro atoms. The molecule has 0 saturated carbocycles. The highest BCUT2D eigenvalue weighted by Gasteiger charge is 2.13. The van der Waals surface area contributed by atoms with Gasteiger partial charge in [-0.05, 0) is 53.0 Å². The molecule has 0 atom stereocenters. The van der Waals surface area contributed by atoms with Gasteiger partial charge in [0, 0.05) is 35.4 Å². The summed E-state index contributed by atoms with van der Waals surface area (Å²) in [6.45, 7) is 1.21. The average Bonchev–Trinajstić information content (AvgIpc) is 3.22. The third-order valence-electron chi connectivity index (χ3n) is 5.02. The Balaban J connectivity index is 1.31. The zero-order valence-corrected chi connectivity index (χ0v) is 20.4. The van der Waals surface area contributed by atoms with Crippen LogP contribution in [0.1, 0.15) is 18.4 Å². The number of nitriles is 1. The van der Waals surface area contributed by atoms with Crippen molar-refractivity contribution in [3.63, 3.8) is 0 Å². The number of hydrogen-bond donors (Lipinski definition) is 3. The van der Waals surface area contributed by atoms with Gasteiger partial charge in [0.05, 0.1) is 28.0 Å². The summed E-state index contributed by atoms with van der Waals surface area (Å²) in [7, 11) is 0. The molecule has 4 aromatic rings. The third kappa shape index (κ3) is 5.65. The van der Waals surface area contributed by atoms with Gasteiger partial charge in [-0.1, -0.05) is 35.9 Å². The lowest BCUT2D eigenvalue weighted by molar-refractivity contribution is 0.252. The highest BCUT2D eigenvalue weighted by molar-refractivity contribution is 9.10. The molecular weight excluding hydrogens is 518 g/mol. The fraction of sp³-hybridized carbons (Fsp3) is 0.167. The van der Waals surface area contributed by atoms with Gasteiger partial charge in [0.25, 0.3) is 0 Å². The van der Waals surface area contributed by atoms with Crippen molar-refractivity contribution in [3.8, 4) is 17.3 Å². The predicted octanol–water partition coefficient (Wildman–Crippen LogP) is 5.70. The number of fused-ring (bicyclic) bond motifs is 1. The van der Waals surface area contributed by atoms with Crippen molar-refractivity contribution < 1.29 is 4.79 Å². The van der Waals surface area contributed by atoms with E-state index in [4.69, 9.17) is 21.8 Å². The first-order valence-electron chi connectivity index (χ1n) is 10.6. The lowest BCUT2D eigenvalue weighted by Crippen LogP contribution is -2.29. The Morgan fingerprint density at radius 3 is 2.76 bits per heavy atom. The van der Waals surface area contributed by atoms with Crippen molar-refractivity contribution in [2.24, 2.45) is 0 Å². The molecule has 34 heavy (non-hydrogen) atoms. The normalized spacial score (nSPS) is 10.6. The van der Waals surface area contributed by atoms with Crippen LogP contribution >= 0.6 is 27.5 Å². The van der Waals surface area contributed by atoms with Crippen LogP contribution in [0.3, 0.4) is 0 Å². The summed E-state index contributed by atoms with van der Waals surface area (Å²) >= 11 is 9.89. The third-order valence-corrected chi connectivity index (χ3v) is 5.91. The van der Waals surface area contributed by atoms with Crippen LogP contribution in [-0.4, -0.2) is 33.7 Å². The number of urea groups is 1. The Hall–Kier alpha value is -3.61. The van der Waals surface area contributed by atoms with Crippen molar-refractivity contribution >= 4 is 50.7 Å². The van der Waals surface area contributed by atoms with E-state index in [1.54, 1.807) is 35.0 Å². The van der Waals surface area contributed by atoms with Gasteiger partial charge >= 0.3 is 6.03 Å². The number of rotatable bonds is 8. The van der Waals surface area contributed by atoms with Crippen LogP contribution in [0, 0.1) is 11.3 Å². The summed E-state index contributed by atoms with van der Waals surface area (Å²) in [4.78, 5) is 16.8. The summed E-state index contributed by atoms with van der Waals surface area (Å²) in [6, 6.07) is 18.0. The molecule has 0 fully saturated rings. The molecule has 0 bridgehead atoms. The minimum absolute atomic E-state index is 0.301. The van der Waals surface area contributed by atoms with Crippen molar-refractivity contribution in [1.29, 1.82) is 5.26 Å². The minimum atomic E-state index is -0.301. The fourth-order valence-electron chi connectivity index (χ4n) is 3.38. The molecule has 0 aliphatic rings. The van der Waals surface area contributed by atoms with Gasteiger partial charge in [-0.25, -0.2) is 9.78 Å². The molecule has 4 rings (SSSR count). The lowest BCUT2D eigenvalue weighted by atomic mass is 10.1. The van der Waals surface area contributed by atoms with Crippen LogP contribution in [0.15, 0.2) is 65.3 Å². The van der Waals surface area contributed by atoms with E-state index >= 15 is 0 Å². The summed E-state index contributed by atoms with van der Waals surface area (Å²) in [6.07, 6.45) is 3.32. The van der Waals surface area contributed by atoms with E-state index in [1.165, 1.54) is 0 Å². The first-order chi connectivity index (χ1) is 16.5. The average molecular weight is 539 g/mol. The highest BCUT2D eigenvalue weighted by Crippen LogP contribution is 2.30. The summed E-state index contributed by atoms with van der Waals surface area (Å²) in [5, 5.41) is 22.9. The van der Waals surface area contributed by atoms with E-state index in [2.05, 4.69) is 43.0 Å². The standard InChI is InChI=1S/C24H21BrClN7O/c25-19-15-30-33-22(13-21(32-23(19)33)18-8-1-2-9-20(18)26)28-10-3-4-11-29-24(34)31-17-7-5-6-16(12-17)14-27/h1-2,5-9,12-13,15,28H,3-4,10-11H2,(H2,29,31,34). The van der Waals surface area contributed by atoms with Crippen molar-refractivity contribution in [3.05, 3.63) is 75.9 Å². The largest absolute Gasteiger partial charge is 0.370 e. The van der Waals surface area contributed by atoms with E-state index in [1.807, 2.05) is 30.3 Å². The quantitative estimate of drug-likeness (QED) is 0.250. The number of benzene rings is 2. The van der Waals surface area contributed by atoms with Crippen molar-refractivity contribution in [2.75, 3.05) is 23.7 Å². The molecule has 0 unspecified atom stereocenters. The fourth-order valence-corrected chi connectivity index (χ4v) is 3.96. The Kier molecular flexibility index (Phi) is 7.62. The smallest absolute Gasteiger partial charge is 0.319 e. The Labute approximate surface area is 210 Å². The summed E-state index contributed by atoms with van der Waals surface area (Å²) < 4.78 is 2.53. The van der Waals surface area contributed by atoms with Crippen molar-refractivity contribution in [2.45, 2.75) is 12.8 Å². The van der Waals surface area contributed by atoms with Gasteiger partial charge in [0.2, 0.25) is 0 Å². The van der Waals surface area contributed by atoms with Gasteiger partial charge in [-0.2, -0.15) is 14.9 Å². The summed E-state index contributed by atoms with van der Waals surface area (Å²) in [5.74, 6) is 0.800.